The summed E-state index contributed by atoms with van der Waals surface area (Å²) in [5.41, 5.74) is 0. The van der Waals surface area contributed by atoms with Crippen LogP contribution in [-0.2, 0) is 19.1 Å². The fourth-order valence-electron chi connectivity index (χ4n) is 1.99. The van der Waals surface area contributed by atoms with E-state index in [1.807, 2.05) is 0 Å². The van der Waals surface area contributed by atoms with Crippen LogP contribution >= 0.6 is 0 Å². The SMILES string of the molecule is CCCCCCC(=O)OCC(C)OC(=O)CCCCCC.OCCO. The Morgan fingerprint density at radius 2 is 1.28 bits per heavy atom. The molecular formula is C19H38O6. The zero-order valence-electron chi connectivity index (χ0n) is 16.3. The second kappa shape index (κ2) is 20.9. The molecule has 0 rings (SSSR count). The quantitative estimate of drug-likeness (QED) is 0.363. The lowest BCUT2D eigenvalue weighted by molar-refractivity contribution is -0.158. The van der Waals surface area contributed by atoms with Gasteiger partial charge in [-0.25, -0.2) is 0 Å². The summed E-state index contributed by atoms with van der Waals surface area (Å²) in [5, 5.41) is 15.2. The zero-order valence-corrected chi connectivity index (χ0v) is 16.3. The Bertz CT molecular complexity index is 304. The number of unbranched alkanes of at least 4 members (excludes halogenated alkanes) is 6. The Balaban J connectivity index is 0. The minimum Gasteiger partial charge on any atom is -0.462 e. The summed E-state index contributed by atoms with van der Waals surface area (Å²) in [5.74, 6) is -0.394. The molecule has 0 heterocycles. The van der Waals surface area contributed by atoms with Crippen LogP contribution in [0.25, 0.3) is 0 Å². The maximum Gasteiger partial charge on any atom is 0.306 e. The molecule has 0 aromatic rings. The van der Waals surface area contributed by atoms with Crippen LogP contribution in [0.15, 0.2) is 0 Å². The second-order valence-corrected chi connectivity index (χ2v) is 6.05. The number of carbonyl (C=O) groups excluding carboxylic acids is 2. The molecule has 0 radical (unpaired) electrons. The lowest BCUT2D eigenvalue weighted by Crippen LogP contribution is -2.22. The molecule has 0 fully saturated rings. The Hall–Kier alpha value is -1.14. The highest BCUT2D eigenvalue weighted by Crippen LogP contribution is 2.06. The molecule has 0 aliphatic heterocycles. The van der Waals surface area contributed by atoms with Gasteiger partial charge in [-0.15, -0.1) is 0 Å². The molecule has 6 heteroatoms. The minimum absolute atomic E-state index is 0.125. The van der Waals surface area contributed by atoms with E-state index in [1.165, 1.54) is 0 Å². The largest absolute Gasteiger partial charge is 0.462 e. The molecule has 1 unspecified atom stereocenters. The number of hydrogen-bond donors (Lipinski definition) is 2. The van der Waals surface area contributed by atoms with E-state index in [1.54, 1.807) is 6.92 Å². The van der Waals surface area contributed by atoms with Gasteiger partial charge in [-0.2, -0.15) is 0 Å². The molecule has 0 aromatic carbocycles. The molecule has 0 bridgehead atoms. The van der Waals surface area contributed by atoms with Crippen LogP contribution in [0.5, 0.6) is 0 Å². The van der Waals surface area contributed by atoms with Gasteiger partial charge in [0.15, 0.2) is 0 Å². The van der Waals surface area contributed by atoms with Crippen molar-refractivity contribution in [2.75, 3.05) is 19.8 Å². The van der Waals surface area contributed by atoms with E-state index in [9.17, 15) is 9.59 Å². The summed E-state index contributed by atoms with van der Waals surface area (Å²) < 4.78 is 10.3. The molecule has 0 saturated carbocycles. The highest BCUT2D eigenvalue weighted by molar-refractivity contribution is 5.70. The fraction of sp³-hybridized carbons (Fsp3) is 0.895. The summed E-state index contributed by atoms with van der Waals surface area (Å²) in [4.78, 5) is 23.0. The number of aliphatic hydroxyl groups is 2. The van der Waals surface area contributed by atoms with Gasteiger partial charge in [-0.3, -0.25) is 9.59 Å². The van der Waals surface area contributed by atoms with Crippen LogP contribution in [0.4, 0.5) is 0 Å². The van der Waals surface area contributed by atoms with Gasteiger partial charge in [0.25, 0.3) is 0 Å². The van der Waals surface area contributed by atoms with Gasteiger partial charge >= 0.3 is 11.9 Å². The topological polar surface area (TPSA) is 93.1 Å². The Labute approximate surface area is 152 Å². The van der Waals surface area contributed by atoms with E-state index in [2.05, 4.69) is 13.8 Å². The summed E-state index contributed by atoms with van der Waals surface area (Å²) in [7, 11) is 0. The average molecular weight is 363 g/mol. The lowest BCUT2D eigenvalue weighted by atomic mass is 10.1. The first-order chi connectivity index (χ1) is 12.0. The van der Waals surface area contributed by atoms with Crippen LogP contribution in [0.1, 0.15) is 85.0 Å². The molecular weight excluding hydrogens is 324 g/mol. The van der Waals surface area contributed by atoms with Crippen molar-refractivity contribution in [1.29, 1.82) is 0 Å². The first kappa shape index (κ1) is 26.1. The van der Waals surface area contributed by atoms with E-state index in [0.717, 1.165) is 51.4 Å². The van der Waals surface area contributed by atoms with Crippen molar-refractivity contribution >= 4 is 11.9 Å². The van der Waals surface area contributed by atoms with Crippen LogP contribution in [0, 0.1) is 0 Å². The first-order valence-electron chi connectivity index (χ1n) is 9.58. The molecule has 25 heavy (non-hydrogen) atoms. The van der Waals surface area contributed by atoms with E-state index >= 15 is 0 Å². The van der Waals surface area contributed by atoms with Crippen molar-refractivity contribution in [3.63, 3.8) is 0 Å². The number of esters is 2. The molecule has 1 atom stereocenters. The number of ether oxygens (including phenoxy) is 2. The van der Waals surface area contributed by atoms with Crippen molar-refractivity contribution in [3.8, 4) is 0 Å². The van der Waals surface area contributed by atoms with Crippen LogP contribution < -0.4 is 0 Å². The van der Waals surface area contributed by atoms with Gasteiger partial charge < -0.3 is 19.7 Å². The van der Waals surface area contributed by atoms with E-state index < -0.39 is 0 Å². The number of hydrogen-bond acceptors (Lipinski definition) is 6. The van der Waals surface area contributed by atoms with Crippen molar-refractivity contribution in [3.05, 3.63) is 0 Å². The number of rotatable bonds is 14. The molecule has 0 aliphatic rings. The summed E-state index contributed by atoms with van der Waals surface area (Å²) >= 11 is 0. The third-order valence-corrected chi connectivity index (χ3v) is 3.38. The second-order valence-electron chi connectivity index (χ2n) is 6.05. The zero-order chi connectivity index (χ0) is 19.3. The molecule has 0 amide bonds. The van der Waals surface area contributed by atoms with Crippen LogP contribution in [-0.4, -0.2) is 48.1 Å². The van der Waals surface area contributed by atoms with E-state index in [0.29, 0.717) is 12.8 Å². The average Bonchev–Trinajstić information content (AvgIpc) is 2.61. The van der Waals surface area contributed by atoms with E-state index in [4.69, 9.17) is 19.7 Å². The highest BCUT2D eigenvalue weighted by Gasteiger charge is 2.11. The number of carbonyl (C=O) groups is 2. The Kier molecular flexibility index (Phi) is 21.8. The third kappa shape index (κ3) is 22.9. The maximum atomic E-state index is 11.5. The monoisotopic (exact) mass is 362 g/mol. The predicted octanol–water partition coefficient (Wildman–Crippen LogP) is 3.37. The minimum atomic E-state index is -0.358. The normalized spacial score (nSPS) is 11.2. The Morgan fingerprint density at radius 3 is 1.72 bits per heavy atom. The molecule has 150 valence electrons. The summed E-state index contributed by atoms with van der Waals surface area (Å²) in [6, 6.07) is 0. The third-order valence-electron chi connectivity index (χ3n) is 3.38. The molecule has 0 spiro atoms. The highest BCUT2D eigenvalue weighted by atomic mass is 16.6. The first-order valence-corrected chi connectivity index (χ1v) is 9.58. The van der Waals surface area contributed by atoms with Gasteiger partial charge in [-0.1, -0.05) is 52.4 Å². The molecule has 0 aliphatic carbocycles. The fourth-order valence-corrected chi connectivity index (χ4v) is 1.99. The van der Waals surface area contributed by atoms with Gasteiger partial charge in [0.2, 0.25) is 0 Å². The Morgan fingerprint density at radius 1 is 0.800 bits per heavy atom. The van der Waals surface area contributed by atoms with Crippen molar-refractivity contribution < 1.29 is 29.3 Å². The van der Waals surface area contributed by atoms with Gasteiger partial charge in [-0.05, 0) is 19.8 Å². The van der Waals surface area contributed by atoms with Gasteiger partial charge in [0.1, 0.15) is 12.7 Å². The van der Waals surface area contributed by atoms with Crippen LogP contribution in [0.2, 0.25) is 0 Å². The van der Waals surface area contributed by atoms with Crippen molar-refractivity contribution in [1.82, 2.24) is 0 Å². The maximum absolute atomic E-state index is 11.5. The van der Waals surface area contributed by atoms with Gasteiger partial charge in [0.05, 0.1) is 13.2 Å². The van der Waals surface area contributed by atoms with Crippen LogP contribution in [0.3, 0.4) is 0 Å². The summed E-state index contributed by atoms with van der Waals surface area (Å²) in [6.07, 6.45) is 9.03. The summed E-state index contributed by atoms with van der Waals surface area (Å²) in [6.45, 7) is 5.94. The molecule has 0 aromatic heterocycles. The molecule has 2 N–H and O–H groups in total. The van der Waals surface area contributed by atoms with Gasteiger partial charge in [0, 0.05) is 12.8 Å². The lowest BCUT2D eigenvalue weighted by Gasteiger charge is -2.13. The standard InChI is InChI=1S/C17H32O4.C2H6O2/c1-4-6-8-10-12-16(18)20-14-15(3)21-17(19)13-11-9-7-5-2;3-1-2-4/h15H,4-14H2,1-3H3;3-4H,1-2H2. The smallest absolute Gasteiger partial charge is 0.306 e. The number of aliphatic hydroxyl groups excluding tert-OH is 2. The van der Waals surface area contributed by atoms with Crippen molar-refractivity contribution in [2.24, 2.45) is 0 Å². The van der Waals surface area contributed by atoms with Crippen molar-refractivity contribution in [2.45, 2.75) is 91.1 Å². The predicted molar refractivity (Wildman–Crippen MR) is 98.2 cm³/mol. The van der Waals surface area contributed by atoms with E-state index in [-0.39, 0.29) is 37.9 Å². The molecule has 0 saturated heterocycles. The molecule has 6 nitrogen and oxygen atoms in total.